The van der Waals surface area contributed by atoms with Gasteiger partial charge in [0.1, 0.15) is 6.61 Å². The first-order chi connectivity index (χ1) is 6.83. The number of hydrogen-bond acceptors (Lipinski definition) is 2. The fourth-order valence-corrected chi connectivity index (χ4v) is 1.82. The zero-order valence-electron chi connectivity index (χ0n) is 9.00. The molecule has 1 aliphatic rings. The summed E-state index contributed by atoms with van der Waals surface area (Å²) in [5, 5.41) is 0. The van der Waals surface area contributed by atoms with Crippen molar-refractivity contribution in [3.8, 4) is 0 Å². The molecule has 0 unspecified atom stereocenters. The fraction of sp³-hybridized carbons (Fsp3) is 0.750. The first kappa shape index (κ1) is 11.3. The minimum atomic E-state index is -0.113. The van der Waals surface area contributed by atoms with E-state index in [1.807, 2.05) is 13.0 Å². The number of allylic oxidation sites excluding steroid dienone is 1. The molecule has 0 radical (unpaired) electrons. The van der Waals surface area contributed by atoms with Crippen LogP contribution in [0.5, 0.6) is 0 Å². The van der Waals surface area contributed by atoms with Crippen LogP contribution < -0.4 is 0 Å². The largest absolute Gasteiger partial charge is 0.461 e. The number of ether oxygens (including phenoxy) is 1. The van der Waals surface area contributed by atoms with Crippen LogP contribution in [0.1, 0.15) is 45.4 Å². The van der Waals surface area contributed by atoms with Crippen LogP contribution in [-0.2, 0) is 9.53 Å². The molecule has 0 aromatic carbocycles. The van der Waals surface area contributed by atoms with Crippen molar-refractivity contribution in [1.29, 1.82) is 0 Å². The second kappa shape index (κ2) is 6.63. The van der Waals surface area contributed by atoms with Gasteiger partial charge >= 0.3 is 5.97 Å². The second-order valence-corrected chi connectivity index (χ2v) is 3.86. The van der Waals surface area contributed by atoms with Crippen molar-refractivity contribution in [2.45, 2.75) is 45.4 Å². The van der Waals surface area contributed by atoms with Gasteiger partial charge in [-0.2, -0.15) is 0 Å². The van der Waals surface area contributed by atoms with E-state index in [1.54, 1.807) is 0 Å². The Bertz CT molecular complexity index is 190. The molecule has 0 spiro atoms. The summed E-state index contributed by atoms with van der Waals surface area (Å²) in [6, 6.07) is 0. The first-order valence-electron chi connectivity index (χ1n) is 5.65. The Hall–Kier alpha value is -0.790. The Morgan fingerprint density at radius 2 is 2.07 bits per heavy atom. The second-order valence-electron chi connectivity index (χ2n) is 3.86. The molecule has 80 valence electrons. The molecule has 1 saturated carbocycles. The van der Waals surface area contributed by atoms with Gasteiger partial charge in [0.05, 0.1) is 0 Å². The molecule has 0 bridgehead atoms. The molecule has 1 aliphatic carbocycles. The van der Waals surface area contributed by atoms with Gasteiger partial charge in [0.25, 0.3) is 0 Å². The Morgan fingerprint density at radius 1 is 1.36 bits per heavy atom. The monoisotopic (exact) mass is 196 g/mol. The van der Waals surface area contributed by atoms with E-state index in [0.29, 0.717) is 13.0 Å². The van der Waals surface area contributed by atoms with Crippen molar-refractivity contribution in [1.82, 2.24) is 0 Å². The Labute approximate surface area is 86.3 Å². The third kappa shape index (κ3) is 4.45. The minimum Gasteiger partial charge on any atom is -0.461 e. The molecule has 0 N–H and O–H groups in total. The van der Waals surface area contributed by atoms with E-state index in [1.165, 1.54) is 32.1 Å². The molecular weight excluding hydrogens is 176 g/mol. The van der Waals surface area contributed by atoms with Crippen LogP contribution in [0.2, 0.25) is 0 Å². The standard InChI is InChI=1S/C12H20O2/c1-2-12(13)14-10-6-9-11-7-4-3-5-8-11/h6,9,11H,2-5,7-8,10H2,1H3. The maximum atomic E-state index is 10.8. The van der Waals surface area contributed by atoms with E-state index in [2.05, 4.69) is 6.08 Å². The number of carbonyl (C=O) groups excluding carboxylic acids is 1. The average molecular weight is 196 g/mol. The lowest BCUT2D eigenvalue weighted by Crippen LogP contribution is -2.05. The molecule has 0 saturated heterocycles. The molecule has 0 aromatic rings. The Kier molecular flexibility index (Phi) is 5.35. The minimum absolute atomic E-state index is 0.113. The van der Waals surface area contributed by atoms with Gasteiger partial charge in [0.15, 0.2) is 0 Å². The summed E-state index contributed by atoms with van der Waals surface area (Å²) in [4.78, 5) is 10.8. The summed E-state index contributed by atoms with van der Waals surface area (Å²) in [7, 11) is 0. The molecule has 0 heterocycles. The smallest absolute Gasteiger partial charge is 0.305 e. The highest BCUT2D eigenvalue weighted by Gasteiger charge is 2.09. The summed E-state index contributed by atoms with van der Waals surface area (Å²) in [5.41, 5.74) is 0. The van der Waals surface area contributed by atoms with Crippen molar-refractivity contribution in [3.05, 3.63) is 12.2 Å². The van der Waals surface area contributed by atoms with Crippen LogP contribution in [0.4, 0.5) is 0 Å². The van der Waals surface area contributed by atoms with Gasteiger partial charge in [0, 0.05) is 6.42 Å². The van der Waals surface area contributed by atoms with E-state index >= 15 is 0 Å². The van der Waals surface area contributed by atoms with Crippen LogP contribution in [0, 0.1) is 5.92 Å². The molecule has 0 atom stereocenters. The van der Waals surface area contributed by atoms with Crippen LogP contribution in [0.3, 0.4) is 0 Å². The van der Waals surface area contributed by atoms with Gasteiger partial charge in [0.2, 0.25) is 0 Å². The topological polar surface area (TPSA) is 26.3 Å². The zero-order valence-corrected chi connectivity index (χ0v) is 9.00. The first-order valence-corrected chi connectivity index (χ1v) is 5.65. The van der Waals surface area contributed by atoms with Crippen molar-refractivity contribution in [2.75, 3.05) is 6.61 Å². The van der Waals surface area contributed by atoms with Crippen molar-refractivity contribution in [3.63, 3.8) is 0 Å². The lowest BCUT2D eigenvalue weighted by molar-refractivity contribution is -0.141. The molecule has 0 amide bonds. The highest BCUT2D eigenvalue weighted by atomic mass is 16.5. The van der Waals surface area contributed by atoms with Crippen molar-refractivity contribution in [2.24, 2.45) is 5.92 Å². The van der Waals surface area contributed by atoms with E-state index in [9.17, 15) is 4.79 Å². The molecular formula is C12H20O2. The number of carbonyl (C=O) groups is 1. The van der Waals surface area contributed by atoms with E-state index in [4.69, 9.17) is 4.74 Å². The maximum absolute atomic E-state index is 10.8. The fourth-order valence-electron chi connectivity index (χ4n) is 1.82. The van der Waals surface area contributed by atoms with Crippen LogP contribution >= 0.6 is 0 Å². The molecule has 2 nitrogen and oxygen atoms in total. The van der Waals surface area contributed by atoms with Crippen molar-refractivity contribution >= 4 is 5.97 Å². The summed E-state index contributed by atoms with van der Waals surface area (Å²) in [6.45, 7) is 2.26. The molecule has 1 rings (SSSR count). The number of rotatable bonds is 4. The SMILES string of the molecule is CCC(=O)OCC=CC1CCCCC1. The highest BCUT2D eigenvalue weighted by Crippen LogP contribution is 2.24. The van der Waals surface area contributed by atoms with Crippen LogP contribution in [-0.4, -0.2) is 12.6 Å². The Balaban J connectivity index is 2.09. The van der Waals surface area contributed by atoms with Crippen molar-refractivity contribution < 1.29 is 9.53 Å². The number of hydrogen-bond donors (Lipinski definition) is 0. The highest BCUT2D eigenvalue weighted by molar-refractivity contribution is 5.68. The lowest BCUT2D eigenvalue weighted by atomic mass is 9.89. The third-order valence-corrected chi connectivity index (χ3v) is 2.69. The molecule has 1 fully saturated rings. The van der Waals surface area contributed by atoms with Gasteiger partial charge in [-0.3, -0.25) is 4.79 Å². The predicted molar refractivity (Wildman–Crippen MR) is 57.0 cm³/mol. The summed E-state index contributed by atoms with van der Waals surface area (Å²) < 4.78 is 4.96. The van der Waals surface area contributed by atoms with Crippen LogP contribution in [0.15, 0.2) is 12.2 Å². The molecule has 0 aromatic heterocycles. The summed E-state index contributed by atoms with van der Waals surface area (Å²) >= 11 is 0. The summed E-state index contributed by atoms with van der Waals surface area (Å²) in [6.07, 6.45) is 11.4. The molecule has 14 heavy (non-hydrogen) atoms. The maximum Gasteiger partial charge on any atom is 0.305 e. The van der Waals surface area contributed by atoms with Gasteiger partial charge < -0.3 is 4.74 Å². The lowest BCUT2D eigenvalue weighted by Gasteiger charge is -2.17. The van der Waals surface area contributed by atoms with E-state index in [0.717, 1.165) is 5.92 Å². The quantitative estimate of drug-likeness (QED) is 0.510. The van der Waals surface area contributed by atoms with E-state index in [-0.39, 0.29) is 5.97 Å². The third-order valence-electron chi connectivity index (χ3n) is 2.69. The normalized spacial score (nSPS) is 18.6. The van der Waals surface area contributed by atoms with E-state index < -0.39 is 0 Å². The average Bonchev–Trinajstić information content (AvgIpc) is 2.25. The van der Waals surface area contributed by atoms with Gasteiger partial charge in [-0.1, -0.05) is 38.3 Å². The van der Waals surface area contributed by atoms with Gasteiger partial charge in [-0.05, 0) is 18.8 Å². The van der Waals surface area contributed by atoms with Gasteiger partial charge in [-0.25, -0.2) is 0 Å². The van der Waals surface area contributed by atoms with Gasteiger partial charge in [-0.15, -0.1) is 0 Å². The van der Waals surface area contributed by atoms with Crippen LogP contribution in [0.25, 0.3) is 0 Å². The summed E-state index contributed by atoms with van der Waals surface area (Å²) in [5.74, 6) is 0.613. The number of esters is 1. The Morgan fingerprint density at radius 3 is 2.71 bits per heavy atom. The molecule has 2 heteroatoms. The molecule has 0 aliphatic heterocycles. The predicted octanol–water partition coefficient (Wildman–Crippen LogP) is 3.08. The zero-order chi connectivity index (χ0) is 10.2.